The lowest BCUT2D eigenvalue weighted by atomic mass is 10.2. The molecule has 18 heavy (non-hydrogen) atoms. The number of hydrogen-bond acceptors (Lipinski definition) is 3. The first-order valence-electron chi connectivity index (χ1n) is 5.34. The van der Waals surface area contributed by atoms with Gasteiger partial charge in [0.05, 0.1) is 0 Å². The normalized spacial score (nSPS) is 11.9. The van der Waals surface area contributed by atoms with Gasteiger partial charge in [-0.05, 0) is 27.2 Å². The second kappa shape index (κ2) is 6.86. The number of ether oxygens (including phenoxy) is 1. The summed E-state index contributed by atoms with van der Waals surface area (Å²) in [5.74, 6) is -1.40. The van der Waals surface area contributed by atoms with Crippen LogP contribution in [0.3, 0.4) is 0 Å². The number of rotatable bonds is 5. The average Bonchev–Trinajstić information content (AvgIpc) is 2.12. The van der Waals surface area contributed by atoms with E-state index in [-0.39, 0.29) is 13.1 Å². The molecule has 106 valence electrons. The number of halogens is 3. The molecule has 0 saturated carbocycles. The van der Waals surface area contributed by atoms with Crippen molar-refractivity contribution in [2.75, 3.05) is 13.1 Å². The number of amides is 2. The van der Waals surface area contributed by atoms with E-state index in [1.165, 1.54) is 0 Å². The fraction of sp³-hybridized carbons (Fsp3) is 0.800. The summed E-state index contributed by atoms with van der Waals surface area (Å²) in [5, 5.41) is 4.46. The van der Waals surface area contributed by atoms with E-state index in [4.69, 9.17) is 4.74 Å². The van der Waals surface area contributed by atoms with Crippen LogP contribution in [-0.2, 0) is 9.53 Å². The number of hydrogen-bond donors (Lipinski definition) is 2. The molecule has 0 aromatic rings. The van der Waals surface area contributed by atoms with E-state index < -0.39 is 22.4 Å². The standard InChI is InChI=1S/C10H17BrF2N2O3/c1-9(2,3)18-8(17)15-6-4-5-14-7(16)10(11,12)13/h4-6H2,1-3H3,(H,14,16)(H,15,17). The average molecular weight is 331 g/mol. The quantitative estimate of drug-likeness (QED) is 0.598. The van der Waals surface area contributed by atoms with Crippen molar-refractivity contribution < 1.29 is 23.1 Å². The van der Waals surface area contributed by atoms with Gasteiger partial charge in [0.1, 0.15) is 5.60 Å². The SMILES string of the molecule is CC(C)(C)OC(=O)NCCCNC(=O)C(F)(F)Br. The molecule has 0 atom stereocenters. The Kier molecular flexibility index (Phi) is 6.51. The fourth-order valence-corrected chi connectivity index (χ4v) is 1.04. The maximum Gasteiger partial charge on any atom is 0.407 e. The Labute approximate surface area is 113 Å². The highest BCUT2D eigenvalue weighted by molar-refractivity contribution is 9.10. The third-order valence-electron chi connectivity index (χ3n) is 1.56. The van der Waals surface area contributed by atoms with Crippen LogP contribution in [0.5, 0.6) is 0 Å². The molecule has 0 aromatic carbocycles. The van der Waals surface area contributed by atoms with Crippen LogP contribution < -0.4 is 10.6 Å². The molecule has 0 aliphatic carbocycles. The zero-order valence-corrected chi connectivity index (χ0v) is 12.1. The lowest BCUT2D eigenvalue weighted by Crippen LogP contribution is -2.38. The molecular formula is C10H17BrF2N2O3. The predicted molar refractivity (Wildman–Crippen MR) is 65.7 cm³/mol. The Balaban J connectivity index is 3.64. The van der Waals surface area contributed by atoms with Gasteiger partial charge in [-0.25, -0.2) is 4.79 Å². The molecule has 0 aliphatic heterocycles. The van der Waals surface area contributed by atoms with Crippen LogP contribution in [-0.4, -0.2) is 35.5 Å². The number of carbonyl (C=O) groups excluding carboxylic acids is 2. The Morgan fingerprint density at radius 2 is 1.67 bits per heavy atom. The van der Waals surface area contributed by atoms with Crippen LogP contribution in [0.2, 0.25) is 0 Å². The zero-order chi connectivity index (χ0) is 14.4. The van der Waals surface area contributed by atoms with E-state index in [0.29, 0.717) is 6.42 Å². The lowest BCUT2D eigenvalue weighted by molar-refractivity contribution is -0.134. The summed E-state index contributed by atoms with van der Waals surface area (Å²) >= 11 is 1.93. The highest BCUT2D eigenvalue weighted by atomic mass is 79.9. The second-order valence-corrected chi connectivity index (χ2v) is 5.53. The molecule has 0 aliphatic rings. The number of alkyl carbamates (subject to hydrolysis) is 1. The summed E-state index contributed by atoms with van der Waals surface area (Å²) < 4.78 is 29.7. The molecule has 2 amide bonds. The molecule has 0 saturated heterocycles. The van der Waals surface area contributed by atoms with Gasteiger partial charge in [-0.1, -0.05) is 0 Å². The first-order valence-corrected chi connectivity index (χ1v) is 6.13. The van der Waals surface area contributed by atoms with Gasteiger partial charge in [-0.2, -0.15) is 8.78 Å². The molecule has 0 heterocycles. The minimum Gasteiger partial charge on any atom is -0.444 e. The van der Waals surface area contributed by atoms with Crippen molar-refractivity contribution in [2.45, 2.75) is 37.6 Å². The zero-order valence-electron chi connectivity index (χ0n) is 10.5. The Hall–Kier alpha value is -0.920. The summed E-state index contributed by atoms with van der Waals surface area (Å²) in [7, 11) is 0. The molecule has 0 rings (SSSR count). The van der Waals surface area contributed by atoms with Gasteiger partial charge in [0.15, 0.2) is 0 Å². The summed E-state index contributed by atoms with van der Waals surface area (Å²) in [5.41, 5.74) is -0.587. The Bertz CT molecular complexity index is 300. The van der Waals surface area contributed by atoms with E-state index in [1.54, 1.807) is 20.8 Å². The van der Waals surface area contributed by atoms with Crippen molar-refractivity contribution in [3.05, 3.63) is 0 Å². The summed E-state index contributed by atoms with van der Waals surface area (Å²) in [6.07, 6.45) is -0.256. The van der Waals surface area contributed by atoms with Crippen LogP contribution >= 0.6 is 15.9 Å². The fourth-order valence-electron chi connectivity index (χ4n) is 0.895. The highest BCUT2D eigenvalue weighted by Crippen LogP contribution is 2.20. The van der Waals surface area contributed by atoms with E-state index in [0.717, 1.165) is 0 Å². The van der Waals surface area contributed by atoms with Crippen LogP contribution in [0.15, 0.2) is 0 Å². The second-order valence-electron chi connectivity index (χ2n) is 4.54. The monoisotopic (exact) mass is 330 g/mol. The molecule has 0 unspecified atom stereocenters. The van der Waals surface area contributed by atoms with E-state index in [9.17, 15) is 18.4 Å². The van der Waals surface area contributed by atoms with Crippen LogP contribution in [0.4, 0.5) is 13.6 Å². The largest absolute Gasteiger partial charge is 0.444 e. The third-order valence-corrected chi connectivity index (χ3v) is 1.92. The molecule has 0 fully saturated rings. The molecule has 5 nitrogen and oxygen atoms in total. The maximum atomic E-state index is 12.4. The predicted octanol–water partition coefficient (Wildman–Crippen LogP) is 2.01. The highest BCUT2D eigenvalue weighted by Gasteiger charge is 2.34. The van der Waals surface area contributed by atoms with Gasteiger partial charge in [0, 0.05) is 29.0 Å². The Morgan fingerprint density at radius 3 is 2.11 bits per heavy atom. The van der Waals surface area contributed by atoms with E-state index >= 15 is 0 Å². The minimum atomic E-state index is -3.56. The van der Waals surface area contributed by atoms with Gasteiger partial charge < -0.3 is 15.4 Å². The van der Waals surface area contributed by atoms with Crippen molar-refractivity contribution in [1.29, 1.82) is 0 Å². The smallest absolute Gasteiger partial charge is 0.407 e. The molecule has 0 aromatic heterocycles. The van der Waals surface area contributed by atoms with E-state index in [2.05, 4.69) is 5.32 Å². The van der Waals surface area contributed by atoms with Crippen LogP contribution in [0.25, 0.3) is 0 Å². The number of alkyl halides is 3. The molecule has 8 heteroatoms. The van der Waals surface area contributed by atoms with Gasteiger partial charge in [0.2, 0.25) is 0 Å². The topological polar surface area (TPSA) is 67.4 Å². The van der Waals surface area contributed by atoms with Crippen LogP contribution in [0, 0.1) is 0 Å². The first kappa shape index (κ1) is 17.1. The molecule has 2 N–H and O–H groups in total. The molecule has 0 spiro atoms. The van der Waals surface area contributed by atoms with Crippen molar-refractivity contribution in [1.82, 2.24) is 10.6 Å². The minimum absolute atomic E-state index is 0.0375. The number of nitrogens with one attached hydrogen (secondary N) is 2. The van der Waals surface area contributed by atoms with Crippen LogP contribution in [0.1, 0.15) is 27.2 Å². The first-order chi connectivity index (χ1) is 8.02. The summed E-state index contributed by atoms with van der Waals surface area (Å²) in [4.78, 5) is 18.3. The molecule has 0 radical (unpaired) electrons. The van der Waals surface area contributed by atoms with Crippen molar-refractivity contribution in [3.63, 3.8) is 0 Å². The molecular weight excluding hydrogens is 314 g/mol. The number of carbonyl (C=O) groups is 2. The van der Waals surface area contributed by atoms with Gasteiger partial charge in [-0.15, -0.1) is 0 Å². The maximum absolute atomic E-state index is 12.4. The van der Waals surface area contributed by atoms with Gasteiger partial charge >= 0.3 is 16.8 Å². The van der Waals surface area contributed by atoms with Crippen molar-refractivity contribution in [3.8, 4) is 0 Å². The van der Waals surface area contributed by atoms with Crippen molar-refractivity contribution >= 4 is 27.9 Å². The van der Waals surface area contributed by atoms with Gasteiger partial charge in [-0.3, -0.25) is 4.79 Å². The lowest BCUT2D eigenvalue weighted by Gasteiger charge is -2.19. The van der Waals surface area contributed by atoms with Crippen molar-refractivity contribution in [2.24, 2.45) is 0 Å². The summed E-state index contributed by atoms with van der Waals surface area (Å²) in [6.45, 7) is 5.44. The van der Waals surface area contributed by atoms with E-state index in [1.807, 2.05) is 21.2 Å². The molecule has 0 bridgehead atoms. The third kappa shape index (κ3) is 9.15. The summed E-state index contributed by atoms with van der Waals surface area (Å²) in [6, 6.07) is 0. The Morgan fingerprint density at radius 1 is 1.17 bits per heavy atom. The van der Waals surface area contributed by atoms with Gasteiger partial charge in [0.25, 0.3) is 0 Å².